The van der Waals surface area contributed by atoms with Gasteiger partial charge in [0.05, 0.1) is 42.8 Å². The largest absolute Gasteiger partial charge is 0.497 e. The van der Waals surface area contributed by atoms with Gasteiger partial charge in [0.2, 0.25) is 0 Å². The van der Waals surface area contributed by atoms with Crippen LogP contribution >= 0.6 is 0 Å². The summed E-state index contributed by atoms with van der Waals surface area (Å²) in [5.74, 6) is -0.608. The van der Waals surface area contributed by atoms with E-state index in [1.54, 1.807) is 30.1 Å². The molecule has 2 aliphatic rings. The number of anilines is 2. The molecule has 0 spiro atoms. The van der Waals surface area contributed by atoms with E-state index in [4.69, 9.17) is 9.47 Å². The van der Waals surface area contributed by atoms with Crippen LogP contribution in [-0.2, 0) is 0 Å². The summed E-state index contributed by atoms with van der Waals surface area (Å²) in [7, 11) is 1.59. The van der Waals surface area contributed by atoms with Gasteiger partial charge in [0.25, 0.3) is 17.7 Å². The monoisotopic (exact) mass is 603 g/mol. The number of nitrogens with zero attached hydrogens (tertiary/aromatic N) is 4. The predicted molar refractivity (Wildman–Crippen MR) is 163 cm³/mol. The molecule has 45 heavy (non-hydrogen) atoms. The van der Waals surface area contributed by atoms with E-state index in [1.807, 2.05) is 37.3 Å². The van der Waals surface area contributed by atoms with E-state index >= 15 is 4.39 Å². The van der Waals surface area contributed by atoms with Gasteiger partial charge in [0.15, 0.2) is 0 Å². The van der Waals surface area contributed by atoms with E-state index < -0.39 is 23.5 Å². The smallest absolute Gasteiger partial charge is 0.266 e. The summed E-state index contributed by atoms with van der Waals surface area (Å²) in [5, 5.41) is 11.3. The number of ether oxygens (including phenoxy) is 2. The summed E-state index contributed by atoms with van der Waals surface area (Å²) in [6.07, 6.45) is 2.30. The molecular formula is C34H26FN5O5. The molecule has 0 saturated carbocycles. The molecule has 3 amide bonds. The van der Waals surface area contributed by atoms with E-state index in [0.29, 0.717) is 30.2 Å². The van der Waals surface area contributed by atoms with Gasteiger partial charge >= 0.3 is 0 Å². The van der Waals surface area contributed by atoms with Gasteiger partial charge in [-0.3, -0.25) is 14.4 Å². The van der Waals surface area contributed by atoms with Gasteiger partial charge in [0, 0.05) is 28.8 Å². The Hall–Kier alpha value is -5.84. The molecule has 11 heteroatoms. The highest BCUT2D eigenvalue weighted by atomic mass is 19.1. The molecule has 10 nitrogen and oxygen atoms in total. The highest BCUT2D eigenvalue weighted by Crippen LogP contribution is 2.37. The van der Waals surface area contributed by atoms with Crippen LogP contribution in [0.25, 0.3) is 11.3 Å². The van der Waals surface area contributed by atoms with E-state index in [0.717, 1.165) is 21.8 Å². The van der Waals surface area contributed by atoms with Crippen molar-refractivity contribution in [2.75, 3.05) is 23.9 Å². The van der Waals surface area contributed by atoms with E-state index in [-0.39, 0.29) is 34.0 Å². The van der Waals surface area contributed by atoms with Crippen LogP contribution in [0.3, 0.4) is 0 Å². The third-order valence-corrected chi connectivity index (χ3v) is 8.06. The Bertz CT molecular complexity index is 2020. The molecule has 0 aliphatic carbocycles. The van der Waals surface area contributed by atoms with Gasteiger partial charge in [-0.05, 0) is 73.2 Å². The van der Waals surface area contributed by atoms with Crippen molar-refractivity contribution in [1.29, 1.82) is 0 Å². The van der Waals surface area contributed by atoms with Gasteiger partial charge in [-0.25, -0.2) is 14.0 Å². The SMILES string of the molecule is COc1ccc2c(c1)[C@H](n1cc(-c3cc(NC(=O)c4ccc5c(c4)C(=O)N(c4ccccc4C)C5=O)ccc3F)nn1)CCO2. The average molecular weight is 604 g/mol. The Morgan fingerprint density at radius 2 is 1.80 bits per heavy atom. The van der Waals surface area contributed by atoms with Gasteiger partial charge in [-0.2, -0.15) is 0 Å². The zero-order valence-electron chi connectivity index (χ0n) is 24.3. The first-order valence-corrected chi connectivity index (χ1v) is 14.2. The normalized spacial score (nSPS) is 15.4. The van der Waals surface area contributed by atoms with Gasteiger partial charge < -0.3 is 14.8 Å². The maximum atomic E-state index is 15.0. The molecule has 3 heterocycles. The molecule has 0 unspecified atom stereocenters. The number of amides is 3. The molecule has 0 radical (unpaired) electrons. The molecule has 0 bridgehead atoms. The molecule has 2 aliphatic heterocycles. The highest BCUT2D eigenvalue weighted by Gasteiger charge is 2.37. The van der Waals surface area contributed by atoms with Crippen LogP contribution in [-0.4, -0.2) is 46.4 Å². The molecule has 1 aromatic heterocycles. The predicted octanol–water partition coefficient (Wildman–Crippen LogP) is 5.83. The van der Waals surface area contributed by atoms with Crippen molar-refractivity contribution >= 4 is 29.1 Å². The van der Waals surface area contributed by atoms with Crippen molar-refractivity contribution in [3.8, 4) is 22.8 Å². The van der Waals surface area contributed by atoms with E-state index in [9.17, 15) is 14.4 Å². The zero-order chi connectivity index (χ0) is 31.2. The Balaban J connectivity index is 1.12. The minimum Gasteiger partial charge on any atom is -0.497 e. The van der Waals surface area contributed by atoms with E-state index in [1.165, 1.54) is 36.4 Å². The molecule has 5 aromatic rings. The third kappa shape index (κ3) is 4.88. The van der Waals surface area contributed by atoms with Crippen molar-refractivity contribution in [3.63, 3.8) is 0 Å². The average Bonchev–Trinajstić information content (AvgIpc) is 3.64. The first kappa shape index (κ1) is 28.0. The number of aryl methyl sites for hydroxylation is 1. The number of halogens is 1. The van der Waals surface area contributed by atoms with Crippen LogP contribution in [0.1, 0.15) is 54.7 Å². The number of imide groups is 1. The topological polar surface area (TPSA) is 116 Å². The molecular weight excluding hydrogens is 577 g/mol. The lowest BCUT2D eigenvalue weighted by molar-refractivity contribution is 0.0925. The van der Waals surface area contributed by atoms with Crippen LogP contribution in [0.15, 0.2) is 85.1 Å². The molecule has 0 fully saturated rings. The quantitative estimate of drug-likeness (QED) is 0.243. The number of carbonyl (C=O) groups is 3. The van der Waals surface area contributed by atoms with Crippen molar-refractivity contribution < 1.29 is 28.2 Å². The molecule has 7 rings (SSSR count). The van der Waals surface area contributed by atoms with Gasteiger partial charge in [-0.15, -0.1) is 5.10 Å². The van der Waals surface area contributed by atoms with Gasteiger partial charge in [-0.1, -0.05) is 23.4 Å². The fourth-order valence-electron chi connectivity index (χ4n) is 5.73. The number of benzene rings is 4. The van der Waals surface area contributed by atoms with Crippen LogP contribution in [0.5, 0.6) is 11.5 Å². The summed E-state index contributed by atoms with van der Waals surface area (Å²) in [4.78, 5) is 40.7. The fraction of sp³-hybridized carbons (Fsp3) is 0.147. The van der Waals surface area contributed by atoms with E-state index in [2.05, 4.69) is 15.6 Å². The standard InChI is InChI=1S/C34H26FN5O5/c1-19-5-3-4-6-29(19)40-33(42)23-10-7-20(15-24(23)34(40)43)32(41)36-21-8-11-27(35)25(16-21)28-18-39(38-37-28)30-13-14-45-31-12-9-22(44-2)17-26(30)31/h3-12,15-18,30H,13-14H2,1-2H3,(H,36,41)/t30-/m1/s1. The van der Waals surface area contributed by atoms with Crippen molar-refractivity contribution in [2.45, 2.75) is 19.4 Å². The van der Waals surface area contributed by atoms with Crippen LogP contribution in [0, 0.1) is 12.7 Å². The number of methoxy groups -OCH3 is 1. The summed E-state index contributed by atoms with van der Waals surface area (Å²) < 4.78 is 27.9. The fourth-order valence-corrected chi connectivity index (χ4v) is 5.73. The van der Waals surface area contributed by atoms with Crippen molar-refractivity contribution in [2.24, 2.45) is 0 Å². The second-order valence-electron chi connectivity index (χ2n) is 10.8. The Morgan fingerprint density at radius 1 is 0.978 bits per heavy atom. The number of hydrogen-bond donors (Lipinski definition) is 1. The second-order valence-corrected chi connectivity index (χ2v) is 10.8. The Kier molecular flexibility index (Phi) is 6.85. The number of hydrogen-bond acceptors (Lipinski definition) is 7. The lowest BCUT2D eigenvalue weighted by Gasteiger charge is -2.26. The Labute approximate surface area is 257 Å². The number of aromatic nitrogens is 3. The van der Waals surface area contributed by atoms with Gasteiger partial charge in [0.1, 0.15) is 23.0 Å². The molecule has 4 aromatic carbocycles. The Morgan fingerprint density at radius 3 is 2.62 bits per heavy atom. The summed E-state index contributed by atoms with van der Waals surface area (Å²) >= 11 is 0. The molecule has 1 N–H and O–H groups in total. The summed E-state index contributed by atoms with van der Waals surface area (Å²) in [5.41, 5.74) is 3.44. The number of rotatable bonds is 6. The van der Waals surface area contributed by atoms with Crippen molar-refractivity contribution in [3.05, 3.63) is 119 Å². The van der Waals surface area contributed by atoms with Crippen LogP contribution in [0.2, 0.25) is 0 Å². The van der Waals surface area contributed by atoms with Crippen LogP contribution < -0.4 is 19.7 Å². The summed E-state index contributed by atoms with van der Waals surface area (Å²) in [6.45, 7) is 2.30. The molecule has 0 saturated heterocycles. The number of nitrogens with one attached hydrogen (secondary N) is 1. The van der Waals surface area contributed by atoms with Crippen molar-refractivity contribution in [1.82, 2.24) is 15.0 Å². The number of carbonyl (C=O) groups excluding carboxylic acids is 3. The van der Waals surface area contributed by atoms with Crippen LogP contribution in [0.4, 0.5) is 15.8 Å². The first-order chi connectivity index (χ1) is 21.8. The maximum absolute atomic E-state index is 15.0. The first-order valence-electron chi connectivity index (χ1n) is 14.2. The number of fused-ring (bicyclic) bond motifs is 2. The summed E-state index contributed by atoms with van der Waals surface area (Å²) in [6, 6.07) is 21.0. The second kappa shape index (κ2) is 11.0. The maximum Gasteiger partial charge on any atom is 0.266 e. The molecule has 224 valence electrons. The highest BCUT2D eigenvalue weighted by molar-refractivity contribution is 6.35. The minimum absolute atomic E-state index is 0.139. The third-order valence-electron chi connectivity index (χ3n) is 8.06. The number of para-hydroxylation sites is 1. The lowest BCUT2D eigenvalue weighted by Crippen LogP contribution is -2.29. The molecule has 1 atom stereocenters. The minimum atomic E-state index is -0.535. The zero-order valence-corrected chi connectivity index (χ0v) is 24.3. The lowest BCUT2D eigenvalue weighted by atomic mass is 10.0.